The lowest BCUT2D eigenvalue weighted by molar-refractivity contribution is -0.154. The molecule has 0 aromatic heterocycles. The number of carbonyl (C=O) groups excluding carboxylic acids is 2. The van der Waals surface area contributed by atoms with Crippen LogP contribution in [-0.2, 0) is 19.1 Å². The van der Waals surface area contributed by atoms with Crippen molar-refractivity contribution in [3.05, 3.63) is 53.6 Å². The molecule has 0 saturated heterocycles. The van der Waals surface area contributed by atoms with Crippen LogP contribution in [0.4, 0.5) is 0 Å². The molecule has 7 nitrogen and oxygen atoms in total. The van der Waals surface area contributed by atoms with Crippen molar-refractivity contribution in [3.8, 4) is 5.75 Å². The third kappa shape index (κ3) is 12.1. The van der Waals surface area contributed by atoms with Gasteiger partial charge in [-0.15, -0.1) is 0 Å². The largest absolute Gasteiger partial charge is 0.491 e. The van der Waals surface area contributed by atoms with Gasteiger partial charge in [-0.05, 0) is 45.2 Å². The van der Waals surface area contributed by atoms with Crippen molar-refractivity contribution in [1.82, 2.24) is 0 Å². The van der Waals surface area contributed by atoms with E-state index in [2.05, 4.69) is 6.92 Å². The quantitative estimate of drug-likeness (QED) is 0.200. The third-order valence-electron chi connectivity index (χ3n) is 4.36. The van der Waals surface area contributed by atoms with E-state index in [0.29, 0.717) is 12.4 Å². The summed E-state index contributed by atoms with van der Waals surface area (Å²) in [4.78, 5) is 24.1. The van der Waals surface area contributed by atoms with Gasteiger partial charge in [-0.3, -0.25) is 0 Å². The van der Waals surface area contributed by atoms with Crippen LogP contribution >= 0.6 is 0 Å². The first-order chi connectivity index (χ1) is 14.8. The first-order valence-electron chi connectivity index (χ1n) is 10.5. The second-order valence-corrected chi connectivity index (χ2v) is 7.28. The summed E-state index contributed by atoms with van der Waals surface area (Å²) in [5, 5.41) is 19.8. The molecule has 0 heterocycles. The highest BCUT2D eigenvalue weighted by Gasteiger charge is 2.15. The van der Waals surface area contributed by atoms with Gasteiger partial charge < -0.3 is 24.4 Å². The van der Waals surface area contributed by atoms with Crippen LogP contribution in [0.5, 0.6) is 5.75 Å². The van der Waals surface area contributed by atoms with Crippen molar-refractivity contribution in [2.45, 2.75) is 58.7 Å². The Bertz CT molecular complexity index is 725. The van der Waals surface area contributed by atoms with E-state index in [1.165, 1.54) is 26.0 Å². The van der Waals surface area contributed by atoms with Gasteiger partial charge >= 0.3 is 11.9 Å². The molecule has 0 amide bonds. The third-order valence-corrected chi connectivity index (χ3v) is 4.36. The summed E-state index contributed by atoms with van der Waals surface area (Å²) < 4.78 is 15.6. The predicted octanol–water partition coefficient (Wildman–Crippen LogP) is 3.35. The van der Waals surface area contributed by atoms with E-state index in [-0.39, 0.29) is 37.2 Å². The number of rotatable bonds is 14. The summed E-state index contributed by atoms with van der Waals surface area (Å²) in [6, 6.07) is 9.09. The van der Waals surface area contributed by atoms with Crippen molar-refractivity contribution >= 4 is 11.9 Å². The van der Waals surface area contributed by atoms with Crippen molar-refractivity contribution in [2.75, 3.05) is 19.8 Å². The Morgan fingerprint density at radius 3 is 2.03 bits per heavy atom. The molecule has 0 saturated carbocycles. The van der Waals surface area contributed by atoms with Gasteiger partial charge in [0, 0.05) is 17.8 Å². The summed E-state index contributed by atoms with van der Waals surface area (Å²) in [7, 11) is 0. The Kier molecular flexibility index (Phi) is 13.1. The minimum absolute atomic E-state index is 0.0775. The number of hydrogen-bond donors (Lipinski definition) is 2. The highest BCUT2D eigenvalue weighted by Crippen LogP contribution is 2.10. The van der Waals surface area contributed by atoms with Crippen LogP contribution in [0.25, 0.3) is 0 Å². The summed E-state index contributed by atoms with van der Waals surface area (Å²) >= 11 is 0. The normalized spacial score (nSPS) is 14.1. The van der Waals surface area contributed by atoms with E-state index in [4.69, 9.17) is 14.2 Å². The van der Waals surface area contributed by atoms with E-state index < -0.39 is 24.1 Å². The van der Waals surface area contributed by atoms with Gasteiger partial charge in [0.05, 0.1) is 18.8 Å². The maximum Gasteiger partial charge on any atom is 0.341 e. The molecule has 0 radical (unpaired) electrons. The fourth-order valence-electron chi connectivity index (χ4n) is 2.35. The Labute approximate surface area is 184 Å². The molecule has 1 aromatic rings. The van der Waals surface area contributed by atoms with Crippen molar-refractivity contribution in [1.29, 1.82) is 0 Å². The minimum Gasteiger partial charge on any atom is -0.491 e. The molecule has 2 N–H and O–H groups in total. The van der Waals surface area contributed by atoms with Gasteiger partial charge in [-0.1, -0.05) is 43.7 Å². The zero-order valence-electron chi connectivity index (χ0n) is 18.6. The lowest BCUT2D eigenvalue weighted by atomic mass is 10.2. The second-order valence-electron chi connectivity index (χ2n) is 7.28. The van der Waals surface area contributed by atoms with Crippen LogP contribution in [0.2, 0.25) is 0 Å². The number of benzene rings is 1. The number of ether oxygens (including phenoxy) is 3. The number of aliphatic hydroxyl groups excluding tert-OH is 2. The zero-order chi connectivity index (χ0) is 23.1. The number of carbonyl (C=O) groups is 2. The molecule has 1 aromatic carbocycles. The Morgan fingerprint density at radius 1 is 0.935 bits per heavy atom. The van der Waals surface area contributed by atoms with Gasteiger partial charge in [0.2, 0.25) is 0 Å². The fraction of sp³-hybridized carbons (Fsp3) is 0.500. The Hall–Kier alpha value is -2.48. The highest BCUT2D eigenvalue weighted by molar-refractivity contribution is 6.01. The minimum atomic E-state index is -0.804. The first kappa shape index (κ1) is 26.6. The van der Waals surface area contributed by atoms with Crippen LogP contribution in [-0.4, -0.2) is 54.2 Å². The molecular weight excluding hydrogens is 400 g/mol. The second kappa shape index (κ2) is 15.3. The average Bonchev–Trinajstić information content (AvgIpc) is 2.77. The smallest absolute Gasteiger partial charge is 0.341 e. The van der Waals surface area contributed by atoms with E-state index in [0.717, 1.165) is 12.8 Å². The molecule has 0 aliphatic rings. The van der Waals surface area contributed by atoms with E-state index in [1.54, 1.807) is 12.1 Å². The van der Waals surface area contributed by atoms with Gasteiger partial charge in [0.25, 0.3) is 0 Å². The molecule has 172 valence electrons. The molecule has 0 fully saturated rings. The van der Waals surface area contributed by atoms with E-state index >= 15 is 0 Å². The number of unbranched alkanes of at least 4 members (excludes halogenated alkanes) is 1. The van der Waals surface area contributed by atoms with Crippen molar-refractivity contribution in [2.24, 2.45) is 0 Å². The maximum absolute atomic E-state index is 12.1. The van der Waals surface area contributed by atoms with E-state index in [1.807, 2.05) is 18.2 Å². The monoisotopic (exact) mass is 434 g/mol. The van der Waals surface area contributed by atoms with Crippen LogP contribution in [0.1, 0.15) is 46.5 Å². The SMILES string of the molecule is CCCCOCC(O)CC=C(C)C(=O)OC(=O)C(C)=CCC(O)COc1ccccc1. The van der Waals surface area contributed by atoms with Crippen molar-refractivity contribution < 1.29 is 34.0 Å². The molecule has 1 rings (SSSR count). The number of esters is 2. The molecule has 0 aliphatic heterocycles. The van der Waals surface area contributed by atoms with Crippen LogP contribution in [0.3, 0.4) is 0 Å². The summed E-state index contributed by atoms with van der Waals surface area (Å²) in [5.41, 5.74) is 0.439. The number of hydrogen-bond acceptors (Lipinski definition) is 7. The summed E-state index contributed by atoms with van der Waals surface area (Å²) in [6.45, 7) is 5.94. The van der Waals surface area contributed by atoms with Crippen LogP contribution in [0.15, 0.2) is 53.6 Å². The highest BCUT2D eigenvalue weighted by atomic mass is 16.6. The molecule has 2 unspecified atom stereocenters. The predicted molar refractivity (Wildman–Crippen MR) is 118 cm³/mol. The topological polar surface area (TPSA) is 102 Å². The van der Waals surface area contributed by atoms with Crippen molar-refractivity contribution in [3.63, 3.8) is 0 Å². The Balaban J connectivity index is 2.37. The summed E-state index contributed by atoms with van der Waals surface area (Å²) in [6.07, 6.45) is 3.85. The fourth-order valence-corrected chi connectivity index (χ4v) is 2.35. The first-order valence-corrected chi connectivity index (χ1v) is 10.5. The molecule has 0 bridgehead atoms. The molecule has 2 atom stereocenters. The maximum atomic E-state index is 12.1. The number of para-hydroxylation sites is 1. The zero-order valence-corrected chi connectivity index (χ0v) is 18.6. The lowest BCUT2D eigenvalue weighted by Crippen LogP contribution is -2.18. The average molecular weight is 435 g/mol. The standard InChI is InChI=1S/C24H34O7/c1-4-5-15-29-16-20(25)13-11-18(2)23(27)31-24(28)19(3)12-14-21(26)17-30-22-9-7-6-8-10-22/h6-12,20-21,25-26H,4-5,13-17H2,1-3H3. The van der Waals surface area contributed by atoms with Gasteiger partial charge in [-0.25, -0.2) is 9.59 Å². The molecular formula is C24H34O7. The Morgan fingerprint density at radius 2 is 1.48 bits per heavy atom. The van der Waals surface area contributed by atoms with Gasteiger partial charge in [0.1, 0.15) is 12.4 Å². The molecule has 7 heteroatoms. The molecule has 0 spiro atoms. The van der Waals surface area contributed by atoms with Gasteiger partial charge in [-0.2, -0.15) is 0 Å². The van der Waals surface area contributed by atoms with Gasteiger partial charge in [0.15, 0.2) is 0 Å². The summed E-state index contributed by atoms with van der Waals surface area (Å²) in [5.74, 6) is -0.908. The van der Waals surface area contributed by atoms with E-state index in [9.17, 15) is 19.8 Å². The molecule has 0 aliphatic carbocycles. The van der Waals surface area contributed by atoms with Crippen LogP contribution in [0, 0.1) is 0 Å². The number of aliphatic hydroxyl groups is 2. The molecule has 31 heavy (non-hydrogen) atoms. The lowest BCUT2D eigenvalue weighted by Gasteiger charge is -2.11. The van der Waals surface area contributed by atoms with Crippen LogP contribution < -0.4 is 4.74 Å².